The molecule has 0 bridgehead atoms. The van der Waals surface area contributed by atoms with E-state index in [0.29, 0.717) is 30.8 Å². The van der Waals surface area contributed by atoms with Crippen LogP contribution in [0.2, 0.25) is 0 Å². The van der Waals surface area contributed by atoms with Crippen molar-refractivity contribution in [2.45, 2.75) is 19.4 Å². The van der Waals surface area contributed by atoms with Gasteiger partial charge in [0.1, 0.15) is 18.2 Å². The number of para-hydroxylation sites is 1. The number of benzene rings is 2. The Balaban J connectivity index is 1.72. The third-order valence-corrected chi connectivity index (χ3v) is 4.54. The minimum atomic E-state index is -0.372. The normalized spacial score (nSPS) is 17.0. The Labute approximate surface area is 151 Å². The van der Waals surface area contributed by atoms with Gasteiger partial charge in [0.15, 0.2) is 0 Å². The zero-order valence-corrected chi connectivity index (χ0v) is 14.4. The van der Waals surface area contributed by atoms with Crippen molar-refractivity contribution in [2.24, 2.45) is 11.7 Å². The average Bonchev–Trinajstić information content (AvgIpc) is 2.67. The van der Waals surface area contributed by atoms with Gasteiger partial charge >= 0.3 is 0 Å². The minimum absolute atomic E-state index is 0.175. The molecule has 136 valence electrons. The maximum absolute atomic E-state index is 13.0. The number of rotatable bonds is 5. The highest BCUT2D eigenvalue weighted by molar-refractivity contribution is 5.97. The van der Waals surface area contributed by atoms with Gasteiger partial charge in [0.25, 0.3) is 5.91 Å². The van der Waals surface area contributed by atoms with Crippen LogP contribution in [-0.4, -0.2) is 29.8 Å². The lowest BCUT2D eigenvalue weighted by molar-refractivity contribution is -0.123. The van der Waals surface area contributed by atoms with E-state index in [9.17, 15) is 14.0 Å². The average molecular weight is 356 g/mol. The predicted octanol–water partition coefficient (Wildman–Crippen LogP) is 2.74. The molecule has 0 radical (unpaired) electrons. The second-order valence-electron chi connectivity index (χ2n) is 6.40. The maximum Gasteiger partial charge on any atom is 0.257 e. The van der Waals surface area contributed by atoms with Crippen LogP contribution in [0.3, 0.4) is 0 Å². The van der Waals surface area contributed by atoms with Gasteiger partial charge in [-0.2, -0.15) is 0 Å². The molecule has 1 unspecified atom stereocenters. The number of nitrogens with two attached hydrogens (primary N) is 1. The highest BCUT2D eigenvalue weighted by Gasteiger charge is 2.28. The van der Waals surface area contributed by atoms with Gasteiger partial charge in [-0.1, -0.05) is 24.3 Å². The molecule has 2 N–H and O–H groups in total. The number of amides is 2. The Morgan fingerprint density at radius 3 is 2.62 bits per heavy atom. The van der Waals surface area contributed by atoms with Gasteiger partial charge in [0.2, 0.25) is 5.91 Å². The topological polar surface area (TPSA) is 72.6 Å². The smallest absolute Gasteiger partial charge is 0.257 e. The first-order valence-electron chi connectivity index (χ1n) is 8.59. The van der Waals surface area contributed by atoms with Crippen molar-refractivity contribution < 1.29 is 18.7 Å². The van der Waals surface area contributed by atoms with E-state index in [-0.39, 0.29) is 30.2 Å². The standard InChI is InChI=1S/C20H21FN2O3/c21-16-9-7-14(8-10-16)13-26-18-6-2-1-5-17(18)20(25)23-11-3-4-15(12-23)19(22)24/h1-2,5-10,15H,3-4,11-13H2,(H2,22,24). The van der Waals surface area contributed by atoms with Crippen molar-refractivity contribution in [1.82, 2.24) is 4.90 Å². The molecular formula is C20H21FN2O3. The Morgan fingerprint density at radius 2 is 1.88 bits per heavy atom. The third kappa shape index (κ3) is 4.20. The van der Waals surface area contributed by atoms with E-state index in [1.54, 1.807) is 41.3 Å². The van der Waals surface area contributed by atoms with Gasteiger partial charge in [-0.15, -0.1) is 0 Å². The van der Waals surface area contributed by atoms with Crippen molar-refractivity contribution in [3.8, 4) is 5.75 Å². The fourth-order valence-electron chi connectivity index (χ4n) is 3.08. The molecule has 0 aliphatic carbocycles. The summed E-state index contributed by atoms with van der Waals surface area (Å²) in [7, 11) is 0. The third-order valence-electron chi connectivity index (χ3n) is 4.54. The number of ether oxygens (including phenoxy) is 1. The first kappa shape index (κ1) is 17.9. The number of halogens is 1. The molecule has 0 spiro atoms. The molecule has 1 fully saturated rings. The van der Waals surface area contributed by atoms with Gasteiger partial charge in [0.05, 0.1) is 11.5 Å². The lowest BCUT2D eigenvalue weighted by Gasteiger charge is -2.31. The minimum Gasteiger partial charge on any atom is -0.488 e. The van der Waals surface area contributed by atoms with Crippen molar-refractivity contribution in [1.29, 1.82) is 0 Å². The van der Waals surface area contributed by atoms with Crippen LogP contribution in [0.1, 0.15) is 28.8 Å². The summed E-state index contributed by atoms with van der Waals surface area (Å²) in [5, 5.41) is 0. The summed E-state index contributed by atoms with van der Waals surface area (Å²) in [6, 6.07) is 13.0. The molecule has 0 aromatic heterocycles. The second-order valence-corrected chi connectivity index (χ2v) is 6.40. The van der Waals surface area contributed by atoms with Crippen molar-refractivity contribution in [2.75, 3.05) is 13.1 Å². The monoisotopic (exact) mass is 356 g/mol. The number of likely N-dealkylation sites (tertiary alicyclic amines) is 1. The lowest BCUT2D eigenvalue weighted by Crippen LogP contribution is -2.44. The molecule has 6 heteroatoms. The molecular weight excluding hydrogens is 335 g/mol. The SMILES string of the molecule is NC(=O)C1CCCN(C(=O)c2ccccc2OCc2ccc(F)cc2)C1. The van der Waals surface area contributed by atoms with Crippen LogP contribution >= 0.6 is 0 Å². The molecule has 1 heterocycles. The molecule has 1 aliphatic rings. The summed E-state index contributed by atoms with van der Waals surface area (Å²) >= 11 is 0. The molecule has 1 aliphatic heterocycles. The van der Waals surface area contributed by atoms with E-state index in [0.717, 1.165) is 12.0 Å². The Bertz CT molecular complexity index is 792. The largest absolute Gasteiger partial charge is 0.488 e. The number of carbonyl (C=O) groups excluding carboxylic acids is 2. The summed E-state index contributed by atoms with van der Waals surface area (Å²) in [6.45, 7) is 1.16. The zero-order valence-electron chi connectivity index (χ0n) is 14.4. The van der Waals surface area contributed by atoms with Crippen molar-refractivity contribution >= 4 is 11.8 Å². The van der Waals surface area contributed by atoms with Crippen LogP contribution in [0.25, 0.3) is 0 Å². The molecule has 26 heavy (non-hydrogen) atoms. The second kappa shape index (κ2) is 7.99. The van der Waals surface area contributed by atoms with Crippen LogP contribution < -0.4 is 10.5 Å². The molecule has 1 saturated heterocycles. The fourth-order valence-corrected chi connectivity index (χ4v) is 3.08. The number of hydrogen-bond donors (Lipinski definition) is 1. The van der Waals surface area contributed by atoms with Crippen LogP contribution in [0.5, 0.6) is 5.75 Å². The predicted molar refractivity (Wildman–Crippen MR) is 95.0 cm³/mol. The molecule has 2 aromatic carbocycles. The Morgan fingerprint density at radius 1 is 1.15 bits per heavy atom. The summed E-state index contributed by atoms with van der Waals surface area (Å²) in [6.07, 6.45) is 1.46. The van der Waals surface area contributed by atoms with E-state index in [4.69, 9.17) is 10.5 Å². The molecule has 3 rings (SSSR count). The Hall–Kier alpha value is -2.89. The van der Waals surface area contributed by atoms with Crippen LogP contribution in [-0.2, 0) is 11.4 Å². The molecule has 1 atom stereocenters. The van der Waals surface area contributed by atoms with Gasteiger partial charge in [-0.05, 0) is 42.7 Å². The van der Waals surface area contributed by atoms with Gasteiger partial charge in [-0.25, -0.2) is 4.39 Å². The number of carbonyl (C=O) groups is 2. The number of nitrogens with zero attached hydrogens (tertiary/aromatic N) is 1. The first-order valence-corrected chi connectivity index (χ1v) is 8.59. The maximum atomic E-state index is 13.0. The van der Waals surface area contributed by atoms with Crippen LogP contribution in [0.15, 0.2) is 48.5 Å². The number of primary amides is 1. The summed E-state index contributed by atoms with van der Waals surface area (Å²) in [5.41, 5.74) is 6.64. The number of hydrogen-bond acceptors (Lipinski definition) is 3. The van der Waals surface area contributed by atoms with Crippen molar-refractivity contribution in [3.05, 3.63) is 65.5 Å². The summed E-state index contributed by atoms with van der Waals surface area (Å²) in [5.74, 6) is -0.699. The quantitative estimate of drug-likeness (QED) is 0.895. The molecule has 2 amide bonds. The van der Waals surface area contributed by atoms with Gasteiger partial charge < -0.3 is 15.4 Å². The molecule has 5 nitrogen and oxygen atoms in total. The first-order chi connectivity index (χ1) is 12.5. The van der Waals surface area contributed by atoms with E-state index in [2.05, 4.69) is 0 Å². The highest BCUT2D eigenvalue weighted by atomic mass is 19.1. The van der Waals surface area contributed by atoms with Crippen LogP contribution in [0, 0.1) is 11.7 Å². The van der Waals surface area contributed by atoms with Crippen LogP contribution in [0.4, 0.5) is 4.39 Å². The van der Waals surface area contributed by atoms with E-state index in [1.807, 2.05) is 0 Å². The highest BCUT2D eigenvalue weighted by Crippen LogP contribution is 2.24. The Kier molecular flexibility index (Phi) is 5.51. The lowest BCUT2D eigenvalue weighted by atomic mass is 9.97. The van der Waals surface area contributed by atoms with E-state index >= 15 is 0 Å². The zero-order chi connectivity index (χ0) is 18.5. The summed E-state index contributed by atoms with van der Waals surface area (Å²) in [4.78, 5) is 26.0. The van der Waals surface area contributed by atoms with Gasteiger partial charge in [0, 0.05) is 13.1 Å². The van der Waals surface area contributed by atoms with E-state index < -0.39 is 0 Å². The number of piperidine rings is 1. The van der Waals surface area contributed by atoms with E-state index in [1.165, 1.54) is 12.1 Å². The fraction of sp³-hybridized carbons (Fsp3) is 0.300. The van der Waals surface area contributed by atoms with Gasteiger partial charge in [-0.3, -0.25) is 9.59 Å². The summed E-state index contributed by atoms with van der Waals surface area (Å²) < 4.78 is 18.8. The van der Waals surface area contributed by atoms with Crippen molar-refractivity contribution in [3.63, 3.8) is 0 Å². The molecule has 0 saturated carbocycles. The molecule has 2 aromatic rings.